The zero-order valence-corrected chi connectivity index (χ0v) is 18.5. The molecule has 1 aromatic heterocycles. The van der Waals surface area contributed by atoms with Gasteiger partial charge in [-0.05, 0) is 44.4 Å². The number of nitrogens with one attached hydrogen (secondary N) is 2. The maximum absolute atomic E-state index is 13.3. The molecule has 1 aromatic carbocycles. The normalized spacial score (nSPS) is 19.1. The van der Waals surface area contributed by atoms with E-state index in [1.165, 1.54) is 12.1 Å². The van der Waals surface area contributed by atoms with Crippen LogP contribution in [0.2, 0.25) is 0 Å². The average molecular weight is 463 g/mol. The van der Waals surface area contributed by atoms with E-state index in [1.807, 2.05) is 44.3 Å². The van der Waals surface area contributed by atoms with Crippen LogP contribution >= 0.6 is 15.9 Å². The Morgan fingerprint density at radius 2 is 1.93 bits per heavy atom. The largest absolute Gasteiger partial charge is 0.452 e. The van der Waals surface area contributed by atoms with E-state index in [9.17, 15) is 9.59 Å². The molecule has 2 amide bonds. The van der Waals surface area contributed by atoms with Gasteiger partial charge in [-0.3, -0.25) is 4.79 Å². The SMILES string of the molecule is COC(=O)NN(C(=O)[C@@H]1CCCC[C@@H]1c1ncc(-c2ccc(Br)cc2)[nH]1)C(C)C. The van der Waals surface area contributed by atoms with Crippen LogP contribution in [-0.2, 0) is 9.53 Å². The van der Waals surface area contributed by atoms with Gasteiger partial charge in [0, 0.05) is 22.4 Å². The Balaban J connectivity index is 1.83. The van der Waals surface area contributed by atoms with Crippen LogP contribution in [0.1, 0.15) is 51.3 Å². The molecule has 1 aliphatic carbocycles. The van der Waals surface area contributed by atoms with Gasteiger partial charge in [-0.1, -0.05) is 40.9 Å². The molecule has 1 aliphatic rings. The highest BCUT2D eigenvalue weighted by atomic mass is 79.9. The molecule has 7 nitrogen and oxygen atoms in total. The second-order valence-corrected chi connectivity index (χ2v) is 8.51. The van der Waals surface area contributed by atoms with Crippen LogP contribution in [-0.4, -0.2) is 40.1 Å². The highest BCUT2D eigenvalue weighted by Crippen LogP contribution is 2.38. The van der Waals surface area contributed by atoms with Gasteiger partial charge in [0.2, 0.25) is 5.91 Å². The van der Waals surface area contributed by atoms with Crippen LogP contribution in [0.15, 0.2) is 34.9 Å². The van der Waals surface area contributed by atoms with Crippen molar-refractivity contribution >= 4 is 27.9 Å². The van der Waals surface area contributed by atoms with Crippen LogP contribution in [0.5, 0.6) is 0 Å². The number of hydrogen-bond donors (Lipinski definition) is 2. The fraction of sp³-hybridized carbons (Fsp3) is 0.476. The summed E-state index contributed by atoms with van der Waals surface area (Å²) in [6.07, 6.45) is 4.86. The van der Waals surface area contributed by atoms with E-state index >= 15 is 0 Å². The molecule has 29 heavy (non-hydrogen) atoms. The Morgan fingerprint density at radius 3 is 2.59 bits per heavy atom. The topological polar surface area (TPSA) is 87.3 Å². The molecule has 1 fully saturated rings. The van der Waals surface area contributed by atoms with Gasteiger partial charge in [0.15, 0.2) is 0 Å². The van der Waals surface area contributed by atoms with Gasteiger partial charge >= 0.3 is 6.09 Å². The highest BCUT2D eigenvalue weighted by molar-refractivity contribution is 9.10. The summed E-state index contributed by atoms with van der Waals surface area (Å²) in [4.78, 5) is 33.0. The molecule has 0 spiro atoms. The van der Waals surface area contributed by atoms with Gasteiger partial charge < -0.3 is 9.72 Å². The maximum Gasteiger partial charge on any atom is 0.425 e. The number of hydrogen-bond acceptors (Lipinski definition) is 4. The van der Waals surface area contributed by atoms with Crippen molar-refractivity contribution in [2.75, 3.05) is 7.11 Å². The van der Waals surface area contributed by atoms with Gasteiger partial charge in [-0.2, -0.15) is 0 Å². The second-order valence-electron chi connectivity index (χ2n) is 7.59. The zero-order valence-electron chi connectivity index (χ0n) is 16.9. The lowest BCUT2D eigenvalue weighted by atomic mass is 9.78. The number of imidazole rings is 1. The fourth-order valence-corrected chi connectivity index (χ4v) is 4.08. The summed E-state index contributed by atoms with van der Waals surface area (Å²) in [6, 6.07) is 7.83. The van der Waals surface area contributed by atoms with Gasteiger partial charge in [0.05, 0.1) is 19.0 Å². The summed E-state index contributed by atoms with van der Waals surface area (Å²) in [7, 11) is 1.29. The molecule has 8 heteroatoms. The van der Waals surface area contributed by atoms with Crippen molar-refractivity contribution in [2.24, 2.45) is 5.92 Å². The number of nitrogens with zero attached hydrogens (tertiary/aromatic N) is 2. The predicted octanol–water partition coefficient (Wildman–Crippen LogP) is 4.62. The van der Waals surface area contributed by atoms with Crippen LogP contribution in [0.3, 0.4) is 0 Å². The van der Waals surface area contributed by atoms with Crippen molar-refractivity contribution < 1.29 is 14.3 Å². The molecule has 0 bridgehead atoms. The smallest absolute Gasteiger partial charge is 0.425 e. The first-order chi connectivity index (χ1) is 13.9. The fourth-order valence-electron chi connectivity index (χ4n) is 3.82. The van der Waals surface area contributed by atoms with E-state index in [-0.39, 0.29) is 23.8 Å². The third-order valence-corrected chi connectivity index (χ3v) is 5.86. The lowest BCUT2D eigenvalue weighted by Gasteiger charge is -2.35. The minimum absolute atomic E-state index is 0.0128. The third kappa shape index (κ3) is 4.98. The summed E-state index contributed by atoms with van der Waals surface area (Å²) in [5, 5.41) is 1.38. The van der Waals surface area contributed by atoms with Crippen LogP contribution < -0.4 is 5.43 Å². The number of aromatic amines is 1. The van der Waals surface area contributed by atoms with Crippen LogP contribution in [0, 0.1) is 5.92 Å². The standard InChI is InChI=1S/C21H27BrN4O3/c1-13(2)26(25-21(28)29-3)20(27)17-7-5-4-6-16(17)19-23-12-18(24-19)14-8-10-15(22)11-9-14/h8-13,16-17H,4-7H2,1-3H3,(H,23,24)(H,25,28)/t16-,17+/m0/s1. The van der Waals surface area contributed by atoms with Crippen molar-refractivity contribution in [2.45, 2.75) is 51.5 Å². The molecular weight excluding hydrogens is 436 g/mol. The van der Waals surface area contributed by atoms with Crippen molar-refractivity contribution in [1.29, 1.82) is 0 Å². The molecule has 1 saturated carbocycles. The predicted molar refractivity (Wildman–Crippen MR) is 114 cm³/mol. The van der Waals surface area contributed by atoms with Crippen LogP contribution in [0.25, 0.3) is 11.3 Å². The lowest BCUT2D eigenvalue weighted by Crippen LogP contribution is -2.53. The van der Waals surface area contributed by atoms with Gasteiger partial charge in [0.25, 0.3) is 0 Å². The maximum atomic E-state index is 13.3. The van der Waals surface area contributed by atoms with E-state index in [0.717, 1.165) is 47.2 Å². The number of aromatic nitrogens is 2. The Morgan fingerprint density at radius 1 is 1.24 bits per heavy atom. The first-order valence-electron chi connectivity index (χ1n) is 9.89. The summed E-state index contributed by atoms with van der Waals surface area (Å²) in [6.45, 7) is 3.73. The Hall–Kier alpha value is -2.35. The number of carbonyl (C=O) groups excluding carboxylic acids is 2. The molecule has 2 aromatic rings. The molecule has 1 heterocycles. The van der Waals surface area contributed by atoms with Crippen molar-refractivity contribution in [3.05, 3.63) is 40.8 Å². The summed E-state index contributed by atoms with van der Waals surface area (Å²) >= 11 is 3.45. The summed E-state index contributed by atoms with van der Waals surface area (Å²) in [5.41, 5.74) is 4.53. The second kappa shape index (κ2) is 9.43. The third-order valence-electron chi connectivity index (χ3n) is 5.34. The minimum Gasteiger partial charge on any atom is -0.452 e. The van der Waals surface area contributed by atoms with Gasteiger partial charge in [-0.25, -0.2) is 20.2 Å². The summed E-state index contributed by atoms with van der Waals surface area (Å²) < 4.78 is 5.69. The monoisotopic (exact) mass is 462 g/mol. The molecule has 3 rings (SSSR count). The first kappa shape index (κ1) is 21.4. The molecule has 0 unspecified atom stereocenters. The number of rotatable bonds is 4. The zero-order chi connectivity index (χ0) is 21.0. The number of hydrazine groups is 1. The number of H-pyrrole nitrogens is 1. The van der Waals surface area contributed by atoms with Crippen molar-refractivity contribution in [3.8, 4) is 11.3 Å². The molecule has 0 radical (unpaired) electrons. The number of benzene rings is 1. The lowest BCUT2D eigenvalue weighted by molar-refractivity contribution is -0.142. The molecule has 2 atom stereocenters. The van der Waals surface area contributed by atoms with E-state index in [2.05, 4.69) is 36.1 Å². The number of halogens is 1. The molecular formula is C21H27BrN4O3. The minimum atomic E-state index is -0.644. The van der Waals surface area contributed by atoms with Gasteiger partial charge in [0.1, 0.15) is 5.82 Å². The Labute approximate surface area is 179 Å². The van der Waals surface area contributed by atoms with E-state index in [0.29, 0.717) is 0 Å². The molecule has 156 valence electrons. The van der Waals surface area contributed by atoms with Gasteiger partial charge in [-0.15, -0.1) is 0 Å². The van der Waals surface area contributed by atoms with E-state index in [4.69, 9.17) is 0 Å². The van der Waals surface area contributed by atoms with Crippen LogP contribution in [0.4, 0.5) is 4.79 Å². The van der Waals surface area contributed by atoms with E-state index < -0.39 is 6.09 Å². The summed E-state index contributed by atoms with van der Waals surface area (Å²) in [5.74, 6) is 0.466. The van der Waals surface area contributed by atoms with Crippen molar-refractivity contribution in [1.82, 2.24) is 20.4 Å². The average Bonchev–Trinajstić information content (AvgIpc) is 3.21. The first-order valence-corrected chi connectivity index (χ1v) is 10.7. The molecule has 0 aliphatic heterocycles. The number of amides is 2. The number of carbonyl (C=O) groups is 2. The molecule has 2 N–H and O–H groups in total. The quantitative estimate of drug-likeness (QED) is 0.648. The number of methoxy groups -OCH3 is 1. The van der Waals surface area contributed by atoms with E-state index in [1.54, 1.807) is 0 Å². The highest BCUT2D eigenvalue weighted by Gasteiger charge is 2.37. The van der Waals surface area contributed by atoms with Crippen molar-refractivity contribution in [3.63, 3.8) is 0 Å². The molecule has 0 saturated heterocycles. The number of ether oxygens (including phenoxy) is 1. The Bertz CT molecular complexity index is 850. The Kier molecular flexibility index (Phi) is 6.95.